The summed E-state index contributed by atoms with van der Waals surface area (Å²) in [5.74, 6) is -1.99. The molecule has 1 amide bonds. The van der Waals surface area contributed by atoms with Crippen LogP contribution < -0.4 is 5.32 Å². The fourth-order valence-electron chi connectivity index (χ4n) is 3.25. The molecule has 6 heteroatoms. The number of nitrogens with one attached hydrogen (secondary N) is 1. The van der Waals surface area contributed by atoms with Gasteiger partial charge in [0.15, 0.2) is 6.61 Å². The lowest BCUT2D eigenvalue weighted by Gasteiger charge is -2.20. The maximum Gasteiger partial charge on any atom is 0.341 e. The van der Waals surface area contributed by atoms with Crippen molar-refractivity contribution in [3.8, 4) is 0 Å². The van der Waals surface area contributed by atoms with Crippen molar-refractivity contribution in [3.05, 3.63) is 68.9 Å². The lowest BCUT2D eigenvalue weighted by atomic mass is 9.89. The average molecular weight is 434 g/mol. The van der Waals surface area contributed by atoms with Gasteiger partial charge in [-0.05, 0) is 67.5 Å². The third kappa shape index (κ3) is 4.95. The molecule has 1 N–H and O–H groups in total. The Labute approximate surface area is 166 Å². The summed E-state index contributed by atoms with van der Waals surface area (Å²) in [4.78, 5) is 24.1. The Balaban J connectivity index is 1.56. The van der Waals surface area contributed by atoms with Gasteiger partial charge in [0.05, 0.1) is 11.6 Å². The van der Waals surface area contributed by atoms with Crippen LogP contribution in [0.5, 0.6) is 0 Å². The zero-order valence-corrected chi connectivity index (χ0v) is 16.6. The summed E-state index contributed by atoms with van der Waals surface area (Å²) in [6, 6.07) is 10.1. The minimum absolute atomic E-state index is 0.203. The van der Waals surface area contributed by atoms with E-state index in [1.54, 1.807) is 0 Å². The number of amides is 1. The highest BCUT2D eigenvalue weighted by molar-refractivity contribution is 9.10. The third-order valence-corrected chi connectivity index (χ3v) is 5.23. The van der Waals surface area contributed by atoms with Crippen molar-refractivity contribution >= 4 is 27.8 Å². The van der Waals surface area contributed by atoms with Gasteiger partial charge in [0.25, 0.3) is 5.91 Å². The van der Waals surface area contributed by atoms with Crippen LogP contribution in [0.1, 0.15) is 52.9 Å². The highest BCUT2D eigenvalue weighted by Gasteiger charge is 2.17. The van der Waals surface area contributed by atoms with Crippen LogP contribution in [0.25, 0.3) is 0 Å². The summed E-state index contributed by atoms with van der Waals surface area (Å²) < 4.78 is 19.2. The van der Waals surface area contributed by atoms with Crippen molar-refractivity contribution in [1.29, 1.82) is 0 Å². The van der Waals surface area contributed by atoms with Crippen LogP contribution in [0, 0.1) is 5.82 Å². The summed E-state index contributed by atoms with van der Waals surface area (Å²) in [5, 5.41) is 2.82. The van der Waals surface area contributed by atoms with E-state index in [2.05, 4.69) is 33.4 Å². The largest absolute Gasteiger partial charge is 0.452 e. The number of hydrogen-bond acceptors (Lipinski definition) is 3. The van der Waals surface area contributed by atoms with E-state index in [1.165, 1.54) is 42.2 Å². The van der Waals surface area contributed by atoms with Gasteiger partial charge >= 0.3 is 5.97 Å². The predicted molar refractivity (Wildman–Crippen MR) is 104 cm³/mol. The maximum atomic E-state index is 13.7. The second-order valence-corrected chi connectivity index (χ2v) is 7.64. The Bertz CT molecular complexity index is 869. The molecule has 1 aliphatic rings. The molecule has 0 spiro atoms. The minimum atomic E-state index is -0.870. The number of benzene rings is 2. The quantitative estimate of drug-likeness (QED) is 0.706. The van der Waals surface area contributed by atoms with Gasteiger partial charge in [-0.3, -0.25) is 4.79 Å². The summed E-state index contributed by atoms with van der Waals surface area (Å²) in [6.07, 6.45) is 4.60. The summed E-state index contributed by atoms with van der Waals surface area (Å²) in [7, 11) is 0. The Morgan fingerprint density at radius 3 is 2.67 bits per heavy atom. The van der Waals surface area contributed by atoms with E-state index in [9.17, 15) is 14.0 Å². The second-order valence-electron chi connectivity index (χ2n) is 6.72. The first-order chi connectivity index (χ1) is 12.9. The van der Waals surface area contributed by atoms with E-state index in [4.69, 9.17) is 4.74 Å². The molecule has 2 aromatic rings. The van der Waals surface area contributed by atoms with Crippen LogP contribution in [0.2, 0.25) is 0 Å². The minimum Gasteiger partial charge on any atom is -0.452 e. The van der Waals surface area contributed by atoms with Gasteiger partial charge in [-0.2, -0.15) is 0 Å². The molecule has 0 aliphatic heterocycles. The molecule has 0 saturated heterocycles. The number of esters is 1. The number of carbonyl (C=O) groups is 2. The lowest BCUT2D eigenvalue weighted by Crippen LogP contribution is -2.31. The molecule has 0 fully saturated rings. The number of carbonyl (C=O) groups excluding carboxylic acids is 2. The number of rotatable bonds is 5. The summed E-state index contributed by atoms with van der Waals surface area (Å²) in [6.45, 7) is 1.43. The van der Waals surface area contributed by atoms with Crippen LogP contribution in [0.4, 0.5) is 4.39 Å². The van der Waals surface area contributed by atoms with Gasteiger partial charge < -0.3 is 10.1 Å². The van der Waals surface area contributed by atoms with E-state index in [-0.39, 0.29) is 11.6 Å². The molecule has 0 saturated carbocycles. The van der Waals surface area contributed by atoms with Crippen molar-refractivity contribution in [2.45, 2.75) is 38.6 Å². The van der Waals surface area contributed by atoms with Gasteiger partial charge in [-0.15, -0.1) is 0 Å². The summed E-state index contributed by atoms with van der Waals surface area (Å²) >= 11 is 3.18. The summed E-state index contributed by atoms with van der Waals surface area (Å²) in [5.41, 5.74) is 3.54. The first kappa shape index (κ1) is 19.5. The van der Waals surface area contributed by atoms with Crippen molar-refractivity contribution in [2.75, 3.05) is 6.61 Å². The smallest absolute Gasteiger partial charge is 0.341 e. The van der Waals surface area contributed by atoms with Gasteiger partial charge in [0.2, 0.25) is 0 Å². The highest BCUT2D eigenvalue weighted by Crippen LogP contribution is 2.24. The number of hydrogen-bond donors (Lipinski definition) is 1. The van der Waals surface area contributed by atoms with Gasteiger partial charge in [0.1, 0.15) is 5.82 Å². The van der Waals surface area contributed by atoms with E-state index in [0.29, 0.717) is 4.47 Å². The van der Waals surface area contributed by atoms with E-state index >= 15 is 0 Å². The molecule has 142 valence electrons. The molecular formula is C21H21BrFNO3. The van der Waals surface area contributed by atoms with E-state index in [1.807, 2.05) is 13.0 Å². The number of fused-ring (bicyclic) bond motifs is 1. The number of halogens is 2. The Morgan fingerprint density at radius 2 is 1.89 bits per heavy atom. The second kappa shape index (κ2) is 8.65. The van der Waals surface area contributed by atoms with Gasteiger partial charge in [0, 0.05) is 4.47 Å². The predicted octanol–water partition coefficient (Wildman–Crippen LogP) is 4.50. The van der Waals surface area contributed by atoms with Crippen LogP contribution in [-0.2, 0) is 22.4 Å². The highest BCUT2D eigenvalue weighted by atomic mass is 79.9. The third-order valence-electron chi connectivity index (χ3n) is 4.73. The van der Waals surface area contributed by atoms with Gasteiger partial charge in [-0.1, -0.05) is 34.1 Å². The molecule has 2 aromatic carbocycles. The van der Waals surface area contributed by atoms with Crippen LogP contribution in [-0.4, -0.2) is 18.5 Å². The molecule has 1 atom stereocenters. The van der Waals surface area contributed by atoms with Crippen LogP contribution >= 0.6 is 15.9 Å². The Morgan fingerprint density at radius 1 is 1.15 bits per heavy atom. The molecular weight excluding hydrogens is 413 g/mol. The monoisotopic (exact) mass is 433 g/mol. The molecule has 0 radical (unpaired) electrons. The standard InChI is InChI=1S/C21H21BrFNO3/c1-13(15-7-6-14-4-2-3-5-16(14)10-15)24-20(25)12-27-21(26)18-11-17(22)8-9-19(18)23/h6-11,13H,2-5,12H2,1H3,(H,24,25). The van der Waals surface area contributed by atoms with Crippen molar-refractivity contribution in [3.63, 3.8) is 0 Å². The Kier molecular flexibility index (Phi) is 6.26. The fourth-order valence-corrected chi connectivity index (χ4v) is 3.61. The molecule has 0 aromatic heterocycles. The Hall–Kier alpha value is -2.21. The number of aryl methyl sites for hydroxylation is 2. The first-order valence-electron chi connectivity index (χ1n) is 8.97. The van der Waals surface area contributed by atoms with Crippen molar-refractivity contribution < 1.29 is 18.7 Å². The first-order valence-corrected chi connectivity index (χ1v) is 9.76. The molecule has 4 nitrogen and oxygen atoms in total. The van der Waals surface area contributed by atoms with E-state index < -0.39 is 24.3 Å². The SMILES string of the molecule is CC(NC(=O)COC(=O)c1cc(Br)ccc1F)c1ccc2c(c1)CCCC2. The molecule has 1 unspecified atom stereocenters. The maximum absolute atomic E-state index is 13.7. The molecule has 0 bridgehead atoms. The fraction of sp³-hybridized carbons (Fsp3) is 0.333. The van der Waals surface area contributed by atoms with Gasteiger partial charge in [-0.25, -0.2) is 9.18 Å². The van der Waals surface area contributed by atoms with Crippen LogP contribution in [0.3, 0.4) is 0 Å². The zero-order valence-electron chi connectivity index (χ0n) is 15.1. The van der Waals surface area contributed by atoms with Crippen LogP contribution in [0.15, 0.2) is 40.9 Å². The van der Waals surface area contributed by atoms with Crippen molar-refractivity contribution in [2.24, 2.45) is 0 Å². The van der Waals surface area contributed by atoms with Crippen molar-refractivity contribution in [1.82, 2.24) is 5.32 Å². The lowest BCUT2D eigenvalue weighted by molar-refractivity contribution is -0.124. The molecule has 0 heterocycles. The molecule has 3 rings (SSSR count). The van der Waals surface area contributed by atoms with E-state index in [0.717, 1.165) is 18.4 Å². The topological polar surface area (TPSA) is 55.4 Å². The number of ether oxygens (including phenoxy) is 1. The average Bonchev–Trinajstić information content (AvgIpc) is 2.67. The normalized spacial score (nSPS) is 14.2. The zero-order chi connectivity index (χ0) is 19.4. The molecule has 27 heavy (non-hydrogen) atoms. The molecule has 1 aliphatic carbocycles.